The fraction of sp³-hybridized carbons (Fsp3) is 0.125. The summed E-state index contributed by atoms with van der Waals surface area (Å²) in [6.45, 7) is 1.77. The van der Waals surface area contributed by atoms with E-state index in [1.165, 1.54) is 24.3 Å². The Morgan fingerprint density at radius 2 is 1.82 bits per heavy atom. The highest BCUT2D eigenvalue weighted by Crippen LogP contribution is 2.26. The molecule has 3 aromatic rings. The Morgan fingerprint density at radius 3 is 2.45 bits per heavy atom. The minimum absolute atomic E-state index is 0.00853. The molecular formula is C24H20N4O5. The van der Waals surface area contributed by atoms with Crippen molar-refractivity contribution in [2.45, 2.75) is 6.92 Å². The second-order valence-electron chi connectivity index (χ2n) is 7.33. The van der Waals surface area contributed by atoms with Crippen molar-refractivity contribution >= 4 is 17.6 Å². The standard InChI is InChI=1S/C24H20N4O5/c1-14-11-17(7-8-21(14)29)20-12-19(26-24(32)27-20)15-3-5-16(6-4-15)22(30)28-10-9-18(25-13-28)23(31)33-2/h3-12,29H,13H2,1-2H3,(H,26,27,32). The highest BCUT2D eigenvalue weighted by molar-refractivity contribution is 6.41. The summed E-state index contributed by atoms with van der Waals surface area (Å²) in [6.07, 6.45) is 2.91. The maximum absolute atomic E-state index is 12.7. The number of methoxy groups -OCH3 is 1. The van der Waals surface area contributed by atoms with E-state index in [1.807, 2.05) is 0 Å². The van der Waals surface area contributed by atoms with Crippen molar-refractivity contribution in [1.82, 2.24) is 14.9 Å². The van der Waals surface area contributed by atoms with Gasteiger partial charge in [-0.25, -0.2) is 9.59 Å². The molecule has 1 amide bonds. The molecule has 0 radical (unpaired) electrons. The number of aliphatic imine (C=N–C) groups is 1. The summed E-state index contributed by atoms with van der Waals surface area (Å²) in [6, 6.07) is 13.5. The number of ether oxygens (including phenoxy) is 1. The number of amides is 1. The summed E-state index contributed by atoms with van der Waals surface area (Å²) in [7, 11) is 1.27. The number of hydrogen-bond acceptors (Lipinski definition) is 7. The number of benzene rings is 2. The second-order valence-corrected chi connectivity index (χ2v) is 7.33. The van der Waals surface area contributed by atoms with Crippen LogP contribution in [0.2, 0.25) is 0 Å². The number of hydrogen-bond donors (Lipinski definition) is 2. The molecular weight excluding hydrogens is 424 g/mol. The summed E-state index contributed by atoms with van der Waals surface area (Å²) in [5.74, 6) is -0.676. The van der Waals surface area contributed by atoms with Crippen LogP contribution in [0.1, 0.15) is 15.9 Å². The van der Waals surface area contributed by atoms with Gasteiger partial charge >= 0.3 is 11.7 Å². The molecule has 0 bridgehead atoms. The van der Waals surface area contributed by atoms with Gasteiger partial charge in [0.25, 0.3) is 5.91 Å². The van der Waals surface area contributed by atoms with Crippen LogP contribution in [0, 0.1) is 6.92 Å². The Hall–Kier alpha value is -4.53. The number of esters is 1. The molecule has 0 fully saturated rings. The molecule has 2 N–H and O–H groups in total. The number of phenolic OH excluding ortho intramolecular Hbond substituents is 1. The van der Waals surface area contributed by atoms with Gasteiger partial charge in [0.05, 0.1) is 18.5 Å². The van der Waals surface area contributed by atoms with Crippen LogP contribution in [0.15, 0.2) is 70.6 Å². The van der Waals surface area contributed by atoms with E-state index in [9.17, 15) is 19.5 Å². The van der Waals surface area contributed by atoms with E-state index >= 15 is 0 Å². The molecule has 2 aromatic carbocycles. The summed E-state index contributed by atoms with van der Waals surface area (Å²) in [5, 5.41) is 9.74. The fourth-order valence-electron chi connectivity index (χ4n) is 3.32. The molecule has 1 aliphatic heterocycles. The molecule has 0 saturated heterocycles. The number of H-pyrrole nitrogens is 1. The Kier molecular flexibility index (Phi) is 5.86. The summed E-state index contributed by atoms with van der Waals surface area (Å²) < 4.78 is 4.62. The molecule has 9 heteroatoms. The number of aromatic nitrogens is 2. The van der Waals surface area contributed by atoms with Crippen molar-refractivity contribution in [2.24, 2.45) is 4.99 Å². The van der Waals surface area contributed by atoms with E-state index in [2.05, 4.69) is 19.7 Å². The van der Waals surface area contributed by atoms with Gasteiger partial charge in [-0.15, -0.1) is 0 Å². The van der Waals surface area contributed by atoms with Gasteiger partial charge < -0.3 is 14.8 Å². The molecule has 2 heterocycles. The van der Waals surface area contributed by atoms with Gasteiger partial charge in [-0.1, -0.05) is 12.1 Å². The third kappa shape index (κ3) is 4.57. The molecule has 1 aliphatic rings. The zero-order chi connectivity index (χ0) is 23.5. The zero-order valence-electron chi connectivity index (χ0n) is 17.9. The molecule has 33 heavy (non-hydrogen) atoms. The Balaban J connectivity index is 1.56. The monoisotopic (exact) mass is 444 g/mol. The van der Waals surface area contributed by atoms with E-state index in [1.54, 1.807) is 55.5 Å². The van der Waals surface area contributed by atoms with Crippen molar-refractivity contribution in [3.63, 3.8) is 0 Å². The van der Waals surface area contributed by atoms with Crippen LogP contribution in [0.5, 0.6) is 5.75 Å². The number of carbonyl (C=O) groups is 2. The van der Waals surface area contributed by atoms with Crippen LogP contribution in [-0.2, 0) is 9.53 Å². The number of carbonyl (C=O) groups excluding carboxylic acids is 2. The van der Waals surface area contributed by atoms with Gasteiger partial charge in [-0.2, -0.15) is 4.98 Å². The maximum Gasteiger partial charge on any atom is 0.356 e. The summed E-state index contributed by atoms with van der Waals surface area (Å²) in [5.41, 5.74) is 3.15. The summed E-state index contributed by atoms with van der Waals surface area (Å²) >= 11 is 0. The predicted octanol–water partition coefficient (Wildman–Crippen LogP) is 2.66. The van der Waals surface area contributed by atoms with Crippen molar-refractivity contribution < 1.29 is 19.4 Å². The lowest BCUT2D eigenvalue weighted by Crippen LogP contribution is -2.30. The molecule has 4 rings (SSSR count). The first-order valence-corrected chi connectivity index (χ1v) is 9.99. The van der Waals surface area contributed by atoms with E-state index in [-0.39, 0.29) is 24.0 Å². The van der Waals surface area contributed by atoms with Gasteiger partial charge in [0.2, 0.25) is 0 Å². The number of rotatable bonds is 4. The quantitative estimate of drug-likeness (QED) is 0.596. The molecule has 0 saturated carbocycles. The van der Waals surface area contributed by atoms with Crippen LogP contribution in [0.25, 0.3) is 22.5 Å². The van der Waals surface area contributed by atoms with Crippen molar-refractivity contribution in [1.29, 1.82) is 0 Å². The third-order valence-electron chi connectivity index (χ3n) is 5.14. The average molecular weight is 444 g/mol. The summed E-state index contributed by atoms with van der Waals surface area (Å²) in [4.78, 5) is 48.6. The molecule has 9 nitrogen and oxygen atoms in total. The fourth-order valence-corrected chi connectivity index (χ4v) is 3.32. The number of aromatic hydroxyl groups is 1. The maximum atomic E-state index is 12.7. The van der Waals surface area contributed by atoms with E-state index in [0.717, 1.165) is 0 Å². The van der Waals surface area contributed by atoms with Crippen LogP contribution in [0.4, 0.5) is 0 Å². The molecule has 1 aromatic heterocycles. The molecule has 0 aliphatic carbocycles. The minimum atomic E-state index is -0.559. The van der Waals surface area contributed by atoms with Crippen molar-refractivity contribution in [3.8, 4) is 28.3 Å². The Bertz CT molecular complexity index is 1360. The Labute approximate surface area is 188 Å². The molecule has 166 valence electrons. The van der Waals surface area contributed by atoms with Gasteiger partial charge in [-0.05, 0) is 60.5 Å². The number of aryl methyl sites for hydroxylation is 1. The van der Waals surface area contributed by atoms with Gasteiger partial charge in [0.1, 0.15) is 18.1 Å². The van der Waals surface area contributed by atoms with Crippen molar-refractivity contribution in [3.05, 3.63) is 82.4 Å². The van der Waals surface area contributed by atoms with Gasteiger partial charge in [0, 0.05) is 17.3 Å². The van der Waals surface area contributed by atoms with Crippen LogP contribution in [0.3, 0.4) is 0 Å². The highest BCUT2D eigenvalue weighted by Gasteiger charge is 2.19. The van der Waals surface area contributed by atoms with Crippen LogP contribution < -0.4 is 5.69 Å². The van der Waals surface area contributed by atoms with Gasteiger partial charge in [0.15, 0.2) is 0 Å². The lowest BCUT2D eigenvalue weighted by Gasteiger charge is -2.19. The number of phenols is 1. The molecule has 0 unspecified atom stereocenters. The van der Waals surface area contributed by atoms with Gasteiger partial charge in [-0.3, -0.25) is 14.7 Å². The van der Waals surface area contributed by atoms with E-state index in [0.29, 0.717) is 33.6 Å². The topological polar surface area (TPSA) is 125 Å². The normalized spacial score (nSPS) is 12.9. The number of aromatic amines is 1. The molecule has 0 spiro atoms. The number of nitrogens with zero attached hydrogens (tertiary/aromatic N) is 3. The first kappa shape index (κ1) is 21.7. The average Bonchev–Trinajstić information content (AvgIpc) is 2.84. The lowest BCUT2D eigenvalue weighted by molar-refractivity contribution is -0.132. The Morgan fingerprint density at radius 1 is 1.09 bits per heavy atom. The highest BCUT2D eigenvalue weighted by atomic mass is 16.5. The smallest absolute Gasteiger partial charge is 0.356 e. The molecule has 0 atom stereocenters. The van der Waals surface area contributed by atoms with E-state index in [4.69, 9.17) is 0 Å². The second kappa shape index (κ2) is 8.91. The number of nitrogens with one attached hydrogen (secondary N) is 1. The zero-order valence-corrected chi connectivity index (χ0v) is 17.9. The van der Waals surface area contributed by atoms with Crippen molar-refractivity contribution in [2.75, 3.05) is 13.8 Å². The minimum Gasteiger partial charge on any atom is -0.508 e. The predicted molar refractivity (Wildman–Crippen MR) is 122 cm³/mol. The first-order valence-electron chi connectivity index (χ1n) is 9.99. The largest absolute Gasteiger partial charge is 0.508 e. The van der Waals surface area contributed by atoms with Crippen LogP contribution in [-0.4, -0.2) is 51.3 Å². The van der Waals surface area contributed by atoms with Crippen LogP contribution >= 0.6 is 0 Å². The third-order valence-corrected chi connectivity index (χ3v) is 5.14. The lowest BCUT2D eigenvalue weighted by atomic mass is 10.0. The first-order chi connectivity index (χ1) is 15.9. The van der Waals surface area contributed by atoms with E-state index < -0.39 is 11.7 Å². The SMILES string of the molecule is COC(=O)C1=NCN(C(=O)c2ccc(-c3cc(-c4ccc(O)c(C)c4)nc(=O)[nH]3)cc2)C=C1.